The molecule has 0 N–H and O–H groups in total. The molecule has 1 aliphatic rings. The molecule has 0 spiro atoms. The summed E-state index contributed by atoms with van der Waals surface area (Å²) in [7, 11) is 1.45. The molecule has 0 saturated carbocycles. The normalized spacial score (nSPS) is 14.3. The molecule has 0 unspecified atom stereocenters. The van der Waals surface area contributed by atoms with Crippen LogP contribution in [-0.4, -0.2) is 42.3 Å². The van der Waals surface area contributed by atoms with Gasteiger partial charge in [-0.3, -0.25) is 14.5 Å². The SMILES string of the molecule is COc1ccc(/C=C2\SC(=O)N(CCOc3ccccc3)C2=O)cc1OC(=O)c1ccccc1Cl. The highest BCUT2D eigenvalue weighted by molar-refractivity contribution is 8.18. The average molecular weight is 510 g/mol. The van der Waals surface area contributed by atoms with Gasteiger partial charge >= 0.3 is 5.97 Å². The van der Waals surface area contributed by atoms with E-state index in [0.717, 1.165) is 16.7 Å². The van der Waals surface area contributed by atoms with Gasteiger partial charge in [-0.2, -0.15) is 0 Å². The molecule has 4 rings (SSSR count). The number of nitrogens with zero attached hydrogens (tertiary/aromatic N) is 1. The Hall–Kier alpha value is -3.75. The minimum Gasteiger partial charge on any atom is -0.493 e. The third-order valence-corrected chi connectivity index (χ3v) is 6.22. The summed E-state index contributed by atoms with van der Waals surface area (Å²) in [4.78, 5) is 39.2. The molecule has 7 nitrogen and oxygen atoms in total. The molecule has 3 aromatic rings. The highest BCUT2D eigenvalue weighted by atomic mass is 35.5. The van der Waals surface area contributed by atoms with Gasteiger partial charge in [0.1, 0.15) is 12.4 Å². The zero-order valence-corrected chi connectivity index (χ0v) is 20.2. The van der Waals surface area contributed by atoms with Crippen molar-refractivity contribution in [2.45, 2.75) is 0 Å². The molecule has 3 aromatic carbocycles. The first-order valence-electron chi connectivity index (χ1n) is 10.5. The Morgan fingerprint density at radius 3 is 2.49 bits per heavy atom. The number of amides is 2. The van der Waals surface area contributed by atoms with Gasteiger partial charge in [0.05, 0.1) is 29.1 Å². The van der Waals surface area contributed by atoms with Crippen molar-refractivity contribution in [2.24, 2.45) is 0 Å². The summed E-state index contributed by atoms with van der Waals surface area (Å²) in [6.45, 7) is 0.306. The first-order chi connectivity index (χ1) is 17.0. The van der Waals surface area contributed by atoms with Crippen molar-refractivity contribution in [1.82, 2.24) is 4.90 Å². The second-order valence-electron chi connectivity index (χ2n) is 7.27. The number of hydrogen-bond donors (Lipinski definition) is 0. The third kappa shape index (κ3) is 5.85. The van der Waals surface area contributed by atoms with Crippen LogP contribution in [0.3, 0.4) is 0 Å². The van der Waals surface area contributed by atoms with E-state index in [-0.39, 0.29) is 39.6 Å². The molecule has 9 heteroatoms. The van der Waals surface area contributed by atoms with E-state index < -0.39 is 11.9 Å². The van der Waals surface area contributed by atoms with Crippen molar-refractivity contribution in [2.75, 3.05) is 20.3 Å². The first kappa shape index (κ1) is 24.4. The Morgan fingerprint density at radius 2 is 1.74 bits per heavy atom. The number of carbonyl (C=O) groups is 3. The fourth-order valence-electron chi connectivity index (χ4n) is 3.26. The van der Waals surface area contributed by atoms with Crippen LogP contribution in [0.5, 0.6) is 17.2 Å². The van der Waals surface area contributed by atoms with Crippen molar-refractivity contribution < 1.29 is 28.6 Å². The smallest absolute Gasteiger partial charge is 0.345 e. The van der Waals surface area contributed by atoms with Crippen molar-refractivity contribution in [3.05, 3.63) is 93.9 Å². The van der Waals surface area contributed by atoms with E-state index >= 15 is 0 Å². The van der Waals surface area contributed by atoms with Gasteiger partial charge < -0.3 is 14.2 Å². The second-order valence-corrected chi connectivity index (χ2v) is 8.67. The number of rotatable bonds is 8. The Kier molecular flexibility index (Phi) is 7.74. The first-order valence-corrected chi connectivity index (χ1v) is 11.7. The molecule has 0 aromatic heterocycles. The maximum absolute atomic E-state index is 12.8. The summed E-state index contributed by atoms with van der Waals surface area (Å²) >= 11 is 6.93. The van der Waals surface area contributed by atoms with Crippen LogP contribution in [0.1, 0.15) is 15.9 Å². The summed E-state index contributed by atoms with van der Waals surface area (Å²) in [6, 6.07) is 20.5. The van der Waals surface area contributed by atoms with Gasteiger partial charge in [-0.15, -0.1) is 0 Å². The van der Waals surface area contributed by atoms with Crippen LogP contribution < -0.4 is 14.2 Å². The van der Waals surface area contributed by atoms with E-state index in [0.29, 0.717) is 17.1 Å². The van der Waals surface area contributed by atoms with Crippen molar-refractivity contribution in [3.63, 3.8) is 0 Å². The molecule has 1 aliphatic heterocycles. The molecule has 0 radical (unpaired) electrons. The van der Waals surface area contributed by atoms with Crippen LogP contribution in [0, 0.1) is 0 Å². The number of hydrogen-bond acceptors (Lipinski definition) is 7. The number of ether oxygens (including phenoxy) is 3. The summed E-state index contributed by atoms with van der Waals surface area (Å²) < 4.78 is 16.4. The van der Waals surface area contributed by atoms with Crippen LogP contribution in [0.4, 0.5) is 4.79 Å². The number of methoxy groups -OCH3 is 1. The minimum absolute atomic E-state index is 0.125. The fourth-order valence-corrected chi connectivity index (χ4v) is 4.34. The fraction of sp³-hybridized carbons (Fsp3) is 0.115. The molecular formula is C26H20ClNO6S. The van der Waals surface area contributed by atoms with E-state index in [1.54, 1.807) is 60.7 Å². The zero-order chi connectivity index (χ0) is 24.8. The van der Waals surface area contributed by atoms with Crippen LogP contribution in [-0.2, 0) is 4.79 Å². The molecule has 1 saturated heterocycles. The quantitative estimate of drug-likeness (QED) is 0.219. The molecule has 35 heavy (non-hydrogen) atoms. The van der Waals surface area contributed by atoms with Crippen molar-refractivity contribution in [3.8, 4) is 17.2 Å². The zero-order valence-electron chi connectivity index (χ0n) is 18.6. The molecule has 1 heterocycles. The van der Waals surface area contributed by atoms with Crippen molar-refractivity contribution >= 4 is 46.6 Å². The molecule has 0 bridgehead atoms. The van der Waals surface area contributed by atoms with Crippen LogP contribution in [0.2, 0.25) is 5.02 Å². The molecule has 1 fully saturated rings. The van der Waals surface area contributed by atoms with Gasteiger partial charge in [0, 0.05) is 0 Å². The summed E-state index contributed by atoms with van der Waals surface area (Å²) in [5.41, 5.74) is 0.763. The van der Waals surface area contributed by atoms with Gasteiger partial charge in [0.25, 0.3) is 11.1 Å². The number of thioether (sulfide) groups is 1. The molecule has 0 aliphatic carbocycles. The van der Waals surface area contributed by atoms with Crippen LogP contribution in [0.25, 0.3) is 6.08 Å². The average Bonchev–Trinajstić information content (AvgIpc) is 3.12. The molecular weight excluding hydrogens is 490 g/mol. The van der Waals surface area contributed by atoms with Gasteiger partial charge in [-0.25, -0.2) is 4.79 Å². The lowest BCUT2D eigenvalue weighted by Crippen LogP contribution is -2.32. The highest BCUT2D eigenvalue weighted by Gasteiger charge is 2.34. The topological polar surface area (TPSA) is 82.1 Å². The number of esters is 1. The van der Waals surface area contributed by atoms with E-state index in [1.165, 1.54) is 7.11 Å². The predicted octanol–water partition coefficient (Wildman–Crippen LogP) is 5.68. The Bertz CT molecular complexity index is 1290. The monoisotopic (exact) mass is 509 g/mol. The van der Waals surface area contributed by atoms with E-state index in [2.05, 4.69) is 0 Å². The number of carbonyl (C=O) groups excluding carboxylic acids is 3. The Labute approximate surface area is 211 Å². The van der Waals surface area contributed by atoms with Crippen LogP contribution >= 0.6 is 23.4 Å². The summed E-state index contributed by atoms with van der Waals surface area (Å²) in [5, 5.41) is -0.116. The number of halogens is 1. The largest absolute Gasteiger partial charge is 0.493 e. The lowest BCUT2D eigenvalue weighted by molar-refractivity contribution is -0.123. The lowest BCUT2D eigenvalue weighted by Gasteiger charge is -2.13. The third-order valence-electron chi connectivity index (χ3n) is 4.98. The standard InChI is InChI=1S/C26H20ClNO6S/c1-32-21-12-11-17(15-22(21)34-25(30)19-9-5-6-10-20(19)27)16-23-24(29)28(26(31)35-23)13-14-33-18-7-3-2-4-8-18/h2-12,15-16H,13-14H2,1H3/b23-16-. The minimum atomic E-state index is -0.648. The van der Waals surface area contributed by atoms with Gasteiger partial charge in [0.15, 0.2) is 11.5 Å². The van der Waals surface area contributed by atoms with Gasteiger partial charge in [-0.05, 0) is 59.8 Å². The lowest BCUT2D eigenvalue weighted by atomic mass is 10.1. The molecule has 178 valence electrons. The second kappa shape index (κ2) is 11.1. The van der Waals surface area contributed by atoms with E-state index in [1.807, 2.05) is 18.2 Å². The molecule has 2 amide bonds. The van der Waals surface area contributed by atoms with E-state index in [4.69, 9.17) is 25.8 Å². The Balaban J connectivity index is 1.47. The number of benzene rings is 3. The predicted molar refractivity (Wildman–Crippen MR) is 134 cm³/mol. The summed E-state index contributed by atoms with van der Waals surface area (Å²) in [6.07, 6.45) is 1.56. The maximum Gasteiger partial charge on any atom is 0.345 e. The van der Waals surface area contributed by atoms with Gasteiger partial charge in [-0.1, -0.05) is 48.0 Å². The van der Waals surface area contributed by atoms with E-state index in [9.17, 15) is 14.4 Å². The number of para-hydroxylation sites is 1. The van der Waals surface area contributed by atoms with Gasteiger partial charge in [0.2, 0.25) is 0 Å². The van der Waals surface area contributed by atoms with Crippen molar-refractivity contribution in [1.29, 1.82) is 0 Å². The maximum atomic E-state index is 12.8. The number of imide groups is 1. The van der Waals surface area contributed by atoms with Crippen LogP contribution in [0.15, 0.2) is 77.7 Å². The highest BCUT2D eigenvalue weighted by Crippen LogP contribution is 2.35. The summed E-state index contributed by atoms with van der Waals surface area (Å²) in [5.74, 6) is 0.0781. The molecule has 0 atom stereocenters. The Morgan fingerprint density at radius 1 is 1.00 bits per heavy atom.